The van der Waals surface area contributed by atoms with Crippen molar-refractivity contribution in [3.05, 3.63) is 34.2 Å². The molecule has 3 N–H and O–H groups in total. The summed E-state index contributed by atoms with van der Waals surface area (Å²) in [5, 5.41) is 4.31. The molecule has 0 fully saturated rings. The molecule has 3 aromatic rings. The van der Waals surface area contributed by atoms with E-state index in [4.69, 9.17) is 17.3 Å². The predicted molar refractivity (Wildman–Crippen MR) is 96.4 cm³/mol. The number of carbonyl (C=O) groups is 1. The summed E-state index contributed by atoms with van der Waals surface area (Å²) in [6.07, 6.45) is 0.402. The zero-order chi connectivity index (χ0) is 16.6. The Bertz CT molecular complexity index is 889. The molecule has 0 aliphatic carbocycles. The monoisotopic (exact) mass is 346 g/mol. The molecule has 0 unspecified atom stereocenters. The molecule has 118 valence electrons. The van der Waals surface area contributed by atoms with E-state index in [1.165, 1.54) is 11.3 Å². The number of rotatable bonds is 4. The Balaban J connectivity index is 2.32. The van der Waals surface area contributed by atoms with Crippen LogP contribution in [-0.4, -0.2) is 22.8 Å². The molecule has 0 aliphatic rings. The lowest BCUT2D eigenvalue weighted by atomic mass is 10.1. The second kappa shape index (κ2) is 6.14. The van der Waals surface area contributed by atoms with Crippen molar-refractivity contribution in [1.29, 1.82) is 0 Å². The molecule has 3 rings (SSSR count). The van der Waals surface area contributed by atoms with Gasteiger partial charge < -0.3 is 11.1 Å². The Labute approximate surface area is 142 Å². The first-order valence-corrected chi connectivity index (χ1v) is 8.31. The number of anilines is 2. The maximum Gasteiger partial charge on any atom is 0.224 e. The van der Waals surface area contributed by atoms with Gasteiger partial charge in [-0.15, -0.1) is 11.3 Å². The minimum Gasteiger partial charge on any atom is -0.397 e. The van der Waals surface area contributed by atoms with Gasteiger partial charge in [-0.25, -0.2) is 9.97 Å². The van der Waals surface area contributed by atoms with Crippen LogP contribution in [-0.2, 0) is 0 Å². The lowest BCUT2D eigenvalue weighted by Crippen LogP contribution is -2.00. The van der Waals surface area contributed by atoms with Crippen molar-refractivity contribution in [2.75, 3.05) is 18.1 Å². The van der Waals surface area contributed by atoms with Crippen molar-refractivity contribution < 1.29 is 4.79 Å². The predicted octanol–water partition coefficient (Wildman–Crippen LogP) is 4.23. The molecular weight excluding hydrogens is 332 g/mol. The number of nitrogens with one attached hydrogen (secondary N) is 1. The number of aromatic nitrogens is 2. The normalized spacial score (nSPS) is 10.9. The molecule has 2 aromatic heterocycles. The van der Waals surface area contributed by atoms with Gasteiger partial charge in [-0.05, 0) is 12.1 Å². The highest BCUT2D eigenvalue weighted by atomic mass is 35.5. The molecule has 0 spiro atoms. The summed E-state index contributed by atoms with van der Waals surface area (Å²) >= 11 is 7.27. The lowest BCUT2D eigenvalue weighted by molar-refractivity contribution is 0.0993. The number of fused-ring (bicyclic) bond motifs is 1. The van der Waals surface area contributed by atoms with Crippen LogP contribution in [0.4, 0.5) is 11.6 Å². The van der Waals surface area contributed by atoms with Crippen molar-refractivity contribution in [3.8, 4) is 11.3 Å². The molecule has 1 aromatic carbocycles. The van der Waals surface area contributed by atoms with Crippen LogP contribution < -0.4 is 11.1 Å². The van der Waals surface area contributed by atoms with E-state index in [0.29, 0.717) is 43.9 Å². The van der Waals surface area contributed by atoms with E-state index in [1.54, 1.807) is 19.2 Å². The van der Waals surface area contributed by atoms with Gasteiger partial charge in [0, 0.05) is 24.1 Å². The zero-order valence-electron chi connectivity index (χ0n) is 12.7. The van der Waals surface area contributed by atoms with Crippen LogP contribution in [0.15, 0.2) is 24.3 Å². The highest BCUT2D eigenvalue weighted by molar-refractivity contribution is 7.21. The maximum atomic E-state index is 12.1. The number of ketones is 1. The molecule has 2 heterocycles. The average molecular weight is 347 g/mol. The third kappa shape index (κ3) is 2.75. The van der Waals surface area contributed by atoms with E-state index in [9.17, 15) is 4.79 Å². The Kier molecular flexibility index (Phi) is 4.19. The minimum absolute atomic E-state index is 0.0126. The van der Waals surface area contributed by atoms with Gasteiger partial charge in [0.2, 0.25) is 5.95 Å². The molecule has 0 radical (unpaired) electrons. The lowest BCUT2D eigenvalue weighted by Gasteiger charge is -2.07. The number of carbonyl (C=O) groups excluding carboxylic acids is 1. The van der Waals surface area contributed by atoms with Gasteiger partial charge in [0.05, 0.1) is 21.6 Å². The largest absolute Gasteiger partial charge is 0.397 e. The van der Waals surface area contributed by atoms with Gasteiger partial charge in [-0.3, -0.25) is 4.79 Å². The van der Waals surface area contributed by atoms with E-state index in [0.717, 1.165) is 5.56 Å². The summed E-state index contributed by atoms with van der Waals surface area (Å²) in [5.41, 5.74) is 8.25. The molecule has 23 heavy (non-hydrogen) atoms. The van der Waals surface area contributed by atoms with E-state index >= 15 is 0 Å². The first kappa shape index (κ1) is 15.7. The quantitative estimate of drug-likeness (QED) is 0.691. The Hall–Kier alpha value is -2.18. The Morgan fingerprint density at radius 2 is 2.00 bits per heavy atom. The fraction of sp³-hybridized carbons (Fsp3) is 0.188. The fourth-order valence-electron chi connectivity index (χ4n) is 2.32. The molecule has 0 bridgehead atoms. The topological polar surface area (TPSA) is 80.9 Å². The van der Waals surface area contributed by atoms with Gasteiger partial charge in [0.25, 0.3) is 0 Å². The number of nitrogen functional groups attached to an aromatic ring is 1. The SMILES string of the molecule is CCC(=O)c1sc2nc(NC)nc(-c3ccc(Cl)cc3)c2c1N. The van der Waals surface area contributed by atoms with Gasteiger partial charge in [-0.1, -0.05) is 30.7 Å². The molecule has 0 aliphatic heterocycles. The maximum absolute atomic E-state index is 12.1. The number of thiophene rings is 1. The van der Waals surface area contributed by atoms with Crippen LogP contribution in [0.3, 0.4) is 0 Å². The van der Waals surface area contributed by atoms with Crippen LogP contribution in [0.5, 0.6) is 0 Å². The van der Waals surface area contributed by atoms with Gasteiger partial charge >= 0.3 is 0 Å². The first-order chi connectivity index (χ1) is 11.0. The second-order valence-electron chi connectivity index (χ2n) is 4.95. The van der Waals surface area contributed by atoms with Crippen molar-refractivity contribution in [1.82, 2.24) is 9.97 Å². The summed E-state index contributed by atoms with van der Waals surface area (Å²) < 4.78 is 0. The van der Waals surface area contributed by atoms with E-state index < -0.39 is 0 Å². The third-order valence-electron chi connectivity index (χ3n) is 3.50. The van der Waals surface area contributed by atoms with E-state index in [2.05, 4.69) is 15.3 Å². The number of Topliss-reactive ketones (excluding diaryl/α,β-unsaturated/α-hetero) is 1. The molecule has 5 nitrogen and oxygen atoms in total. The van der Waals surface area contributed by atoms with Crippen LogP contribution in [0, 0.1) is 0 Å². The molecule has 0 saturated heterocycles. The van der Waals surface area contributed by atoms with Crippen molar-refractivity contribution in [2.45, 2.75) is 13.3 Å². The minimum atomic E-state index is 0.0126. The summed E-state index contributed by atoms with van der Waals surface area (Å²) in [6.45, 7) is 1.82. The second-order valence-corrected chi connectivity index (χ2v) is 6.39. The van der Waals surface area contributed by atoms with E-state index in [1.807, 2.05) is 19.1 Å². The van der Waals surface area contributed by atoms with Crippen LogP contribution in [0.25, 0.3) is 21.5 Å². The number of halogens is 1. The molecule has 0 atom stereocenters. The average Bonchev–Trinajstić information content (AvgIpc) is 2.91. The van der Waals surface area contributed by atoms with E-state index in [-0.39, 0.29) is 5.78 Å². The fourth-order valence-corrected chi connectivity index (χ4v) is 3.55. The van der Waals surface area contributed by atoms with Crippen molar-refractivity contribution >= 4 is 50.6 Å². The van der Waals surface area contributed by atoms with Crippen LogP contribution in [0.1, 0.15) is 23.0 Å². The summed E-state index contributed by atoms with van der Waals surface area (Å²) in [4.78, 5) is 22.3. The van der Waals surface area contributed by atoms with Crippen LogP contribution >= 0.6 is 22.9 Å². The number of nitrogens with zero attached hydrogens (tertiary/aromatic N) is 2. The molecule has 0 amide bonds. The Morgan fingerprint density at radius 3 is 2.61 bits per heavy atom. The summed E-state index contributed by atoms with van der Waals surface area (Å²) in [6, 6.07) is 7.35. The summed E-state index contributed by atoms with van der Waals surface area (Å²) in [5.74, 6) is 0.498. The molecule has 0 saturated carbocycles. The van der Waals surface area contributed by atoms with Crippen LogP contribution in [0.2, 0.25) is 5.02 Å². The standard InChI is InChI=1S/C16H15ClN4OS/c1-3-10(22)14-12(18)11-13(8-4-6-9(17)7-5-8)20-16(19-2)21-15(11)23-14/h4-7H,3,18H2,1-2H3,(H,19,20,21). The van der Waals surface area contributed by atoms with Gasteiger partial charge in [-0.2, -0.15) is 0 Å². The van der Waals surface area contributed by atoms with Crippen molar-refractivity contribution in [3.63, 3.8) is 0 Å². The highest BCUT2D eigenvalue weighted by Gasteiger charge is 2.21. The highest BCUT2D eigenvalue weighted by Crippen LogP contribution is 2.39. The third-order valence-corrected chi connectivity index (χ3v) is 4.90. The number of hydrogen-bond acceptors (Lipinski definition) is 6. The first-order valence-electron chi connectivity index (χ1n) is 7.12. The number of benzene rings is 1. The Morgan fingerprint density at radius 1 is 1.30 bits per heavy atom. The smallest absolute Gasteiger partial charge is 0.224 e. The van der Waals surface area contributed by atoms with Gasteiger partial charge in [0.1, 0.15) is 4.83 Å². The summed E-state index contributed by atoms with van der Waals surface area (Å²) in [7, 11) is 1.75. The number of nitrogens with two attached hydrogens (primary N) is 1. The molecular formula is C16H15ClN4OS. The van der Waals surface area contributed by atoms with Crippen molar-refractivity contribution in [2.24, 2.45) is 0 Å². The molecule has 7 heteroatoms. The zero-order valence-corrected chi connectivity index (χ0v) is 14.3. The van der Waals surface area contributed by atoms with Gasteiger partial charge in [0.15, 0.2) is 5.78 Å². The number of hydrogen-bond donors (Lipinski definition) is 2.